The summed E-state index contributed by atoms with van der Waals surface area (Å²) in [5.74, 6) is 0. The largest absolute Gasteiger partial charge is 1.00 e. The van der Waals surface area contributed by atoms with Crippen molar-refractivity contribution in [2.45, 2.75) is 103 Å². The Hall–Kier alpha value is 0.1000. The molecule has 0 saturated carbocycles. The maximum Gasteiger partial charge on any atom is 0.136 e. The van der Waals surface area contributed by atoms with E-state index in [4.69, 9.17) is 0 Å². The predicted octanol–water partition coefficient (Wildman–Crippen LogP) is 0.626. The molecule has 0 atom stereocenters. The van der Waals surface area contributed by atoms with Gasteiger partial charge in [-0.25, -0.2) is 0 Å². The molecule has 29 heavy (non-hydrogen) atoms. The molecule has 0 heterocycles. The molecule has 0 saturated heterocycles. The van der Waals surface area contributed by atoms with Crippen LogP contribution in [-0.2, 0) is 6.54 Å². The van der Waals surface area contributed by atoms with E-state index >= 15 is 0 Å². The second-order valence-electron chi connectivity index (χ2n) is 9.18. The second-order valence-corrected chi connectivity index (χ2v) is 9.18. The lowest BCUT2D eigenvalue weighted by atomic mass is 10.0. The third kappa shape index (κ3) is 17.5. The molecular formula is C25H48Br2N2. The van der Waals surface area contributed by atoms with Gasteiger partial charge in [0, 0.05) is 0 Å². The molecule has 1 aromatic carbocycles. The Labute approximate surface area is 203 Å². The summed E-state index contributed by atoms with van der Waals surface area (Å²) in [6.45, 7) is 4.66. The van der Waals surface area contributed by atoms with E-state index in [2.05, 4.69) is 51.0 Å². The van der Waals surface area contributed by atoms with Crippen LogP contribution in [0.5, 0.6) is 0 Å². The Morgan fingerprint density at radius 2 is 1.07 bits per heavy atom. The van der Waals surface area contributed by atoms with Crippen molar-refractivity contribution in [2.75, 3.05) is 20.6 Å². The van der Waals surface area contributed by atoms with Crippen LogP contribution in [-0.4, -0.2) is 25.1 Å². The van der Waals surface area contributed by atoms with Gasteiger partial charge in [0.2, 0.25) is 0 Å². The molecule has 4 heteroatoms. The highest BCUT2D eigenvalue weighted by Crippen LogP contribution is 2.17. The number of nitrogens with zero attached hydrogens (tertiary/aromatic N) is 1. The fourth-order valence-electron chi connectivity index (χ4n) is 3.99. The van der Waals surface area contributed by atoms with Crippen LogP contribution in [0.25, 0.3) is 0 Å². The van der Waals surface area contributed by atoms with E-state index in [0.29, 0.717) is 0 Å². The van der Waals surface area contributed by atoms with Crippen LogP contribution in [0.4, 0.5) is 5.69 Å². The first kappa shape index (κ1) is 31.3. The molecule has 0 fully saturated rings. The Morgan fingerprint density at radius 3 is 1.52 bits per heavy atom. The highest BCUT2D eigenvalue weighted by atomic mass is 79.9. The molecule has 0 bridgehead atoms. The van der Waals surface area contributed by atoms with Crippen molar-refractivity contribution in [3.8, 4) is 0 Å². The van der Waals surface area contributed by atoms with E-state index in [9.17, 15) is 0 Å². The molecule has 1 aromatic rings. The number of hydrogen-bond donors (Lipinski definition) is 1. The van der Waals surface area contributed by atoms with Crippen molar-refractivity contribution in [2.24, 2.45) is 0 Å². The molecule has 0 aliphatic carbocycles. The highest BCUT2D eigenvalue weighted by molar-refractivity contribution is 5.37. The molecule has 2 nitrogen and oxygen atoms in total. The van der Waals surface area contributed by atoms with E-state index in [1.54, 1.807) is 0 Å². The number of halogens is 2. The lowest BCUT2D eigenvalue weighted by Gasteiger charge is -2.30. The lowest BCUT2D eigenvalue weighted by molar-refractivity contribution is -0.903. The van der Waals surface area contributed by atoms with E-state index in [-0.39, 0.29) is 34.0 Å². The number of rotatable bonds is 17. The first-order chi connectivity index (χ1) is 13.0. The van der Waals surface area contributed by atoms with Crippen molar-refractivity contribution < 1.29 is 44.2 Å². The zero-order valence-electron chi connectivity index (χ0n) is 19.5. The van der Waals surface area contributed by atoms with Crippen molar-refractivity contribution >= 4 is 5.69 Å². The van der Waals surface area contributed by atoms with Crippen LogP contribution in [0.2, 0.25) is 0 Å². The molecule has 0 aliphatic rings. The van der Waals surface area contributed by atoms with Crippen LogP contribution < -0.4 is 39.7 Å². The van der Waals surface area contributed by atoms with Crippen molar-refractivity contribution in [1.82, 2.24) is 0 Å². The SMILES string of the molecule is CCCCCCCCCCCCCCCC[N+](C)(C)Cc1ccccc1[NH3+].[Br-].[Br-]. The first-order valence-corrected chi connectivity index (χ1v) is 11.8. The number of benzene rings is 1. The van der Waals surface area contributed by atoms with E-state index in [1.807, 2.05) is 0 Å². The molecule has 0 unspecified atom stereocenters. The highest BCUT2D eigenvalue weighted by Gasteiger charge is 2.17. The van der Waals surface area contributed by atoms with Crippen molar-refractivity contribution in [1.29, 1.82) is 0 Å². The summed E-state index contributed by atoms with van der Waals surface area (Å²) in [7, 11) is 4.71. The molecule has 0 aliphatic heterocycles. The topological polar surface area (TPSA) is 27.6 Å². The maximum atomic E-state index is 4.17. The Kier molecular flexibility index (Phi) is 21.6. The van der Waals surface area contributed by atoms with Gasteiger partial charge in [0.25, 0.3) is 0 Å². The molecule has 3 N–H and O–H groups in total. The summed E-state index contributed by atoms with van der Waals surface area (Å²) in [6.07, 6.45) is 20.1. The minimum absolute atomic E-state index is 0. The minimum Gasteiger partial charge on any atom is -1.00 e. The van der Waals surface area contributed by atoms with Gasteiger partial charge in [0.1, 0.15) is 12.2 Å². The van der Waals surface area contributed by atoms with E-state index in [1.165, 1.54) is 108 Å². The predicted molar refractivity (Wildman–Crippen MR) is 120 cm³/mol. The Morgan fingerprint density at radius 1 is 0.655 bits per heavy atom. The number of unbranched alkanes of at least 4 members (excludes halogenated alkanes) is 13. The molecule has 0 radical (unpaired) electrons. The summed E-state index contributed by atoms with van der Waals surface area (Å²) in [5, 5.41) is 0. The van der Waals surface area contributed by atoms with Gasteiger partial charge in [0.15, 0.2) is 0 Å². The lowest BCUT2D eigenvalue weighted by Crippen LogP contribution is -3.00. The molecule has 0 aromatic heterocycles. The summed E-state index contributed by atoms with van der Waals surface area (Å²) in [4.78, 5) is 0. The fourth-order valence-corrected chi connectivity index (χ4v) is 3.99. The monoisotopic (exact) mass is 534 g/mol. The van der Waals surface area contributed by atoms with Crippen molar-refractivity contribution in [3.05, 3.63) is 29.8 Å². The maximum absolute atomic E-state index is 4.17. The second kappa shape index (κ2) is 20.0. The number of quaternary nitrogens is 2. The summed E-state index contributed by atoms with van der Waals surface area (Å²) in [5.41, 5.74) is 6.75. The zero-order valence-corrected chi connectivity index (χ0v) is 22.7. The average Bonchev–Trinajstić information content (AvgIpc) is 2.64. The van der Waals surface area contributed by atoms with E-state index < -0.39 is 0 Å². The van der Waals surface area contributed by atoms with Crippen LogP contribution in [0.1, 0.15) is 102 Å². The summed E-state index contributed by atoms with van der Waals surface area (Å²) >= 11 is 0. The molecule has 172 valence electrons. The Balaban J connectivity index is 0. The molecule has 1 rings (SSSR count). The molecule has 0 spiro atoms. The normalized spacial score (nSPS) is 11.0. The fraction of sp³-hybridized carbons (Fsp3) is 0.760. The van der Waals surface area contributed by atoms with Gasteiger partial charge < -0.3 is 44.2 Å². The minimum atomic E-state index is 0. The standard InChI is InChI=1S/C25H47N2.2BrH/c1-4-5-6-7-8-9-10-11-12-13-14-15-16-19-22-27(2,3)23-24-20-17-18-21-25(24)26;;/h17-18,20-21H,4-16,19,22-23,26H2,1-3H3;2*1H/q+1;;/p-1. The van der Waals surface area contributed by atoms with Crippen LogP contribution in [0.3, 0.4) is 0 Å². The van der Waals surface area contributed by atoms with Crippen LogP contribution in [0, 0.1) is 0 Å². The van der Waals surface area contributed by atoms with Gasteiger partial charge in [-0.1, -0.05) is 96.1 Å². The smallest absolute Gasteiger partial charge is 0.136 e. The van der Waals surface area contributed by atoms with Gasteiger partial charge in [-0.3, -0.25) is 0 Å². The third-order valence-corrected chi connectivity index (χ3v) is 5.83. The quantitative estimate of drug-likeness (QED) is 0.224. The van der Waals surface area contributed by atoms with Gasteiger partial charge in [-0.2, -0.15) is 0 Å². The van der Waals surface area contributed by atoms with Gasteiger partial charge >= 0.3 is 0 Å². The average molecular weight is 536 g/mol. The molecular weight excluding hydrogens is 488 g/mol. The van der Waals surface area contributed by atoms with Crippen LogP contribution in [0.15, 0.2) is 24.3 Å². The third-order valence-electron chi connectivity index (χ3n) is 5.83. The molecule has 0 amide bonds. The Bertz CT molecular complexity index is 478. The van der Waals surface area contributed by atoms with E-state index in [0.717, 1.165) is 11.0 Å². The zero-order chi connectivity index (χ0) is 19.8. The number of hydrogen-bond acceptors (Lipinski definition) is 0. The van der Waals surface area contributed by atoms with Gasteiger partial charge in [-0.05, 0) is 25.0 Å². The van der Waals surface area contributed by atoms with Gasteiger partial charge in [-0.15, -0.1) is 0 Å². The summed E-state index contributed by atoms with van der Waals surface area (Å²) < 4.78 is 1.07. The van der Waals surface area contributed by atoms with Crippen LogP contribution >= 0.6 is 0 Å². The first-order valence-electron chi connectivity index (χ1n) is 11.8. The summed E-state index contributed by atoms with van der Waals surface area (Å²) in [6, 6.07) is 8.57. The van der Waals surface area contributed by atoms with Gasteiger partial charge in [0.05, 0.1) is 26.2 Å². The van der Waals surface area contributed by atoms with Crippen molar-refractivity contribution in [3.63, 3.8) is 0 Å².